The predicted octanol–water partition coefficient (Wildman–Crippen LogP) is 2.07. The normalized spacial score (nSPS) is 25.6. The molecule has 1 fully saturated rings. The number of rotatable bonds is 3. The molecule has 0 radical (unpaired) electrons. The maximum absolute atomic E-state index is 10.3. The molecule has 1 aliphatic rings. The van der Waals surface area contributed by atoms with Crippen molar-refractivity contribution in [3.63, 3.8) is 0 Å². The monoisotopic (exact) mass is 185 g/mol. The molecule has 13 heavy (non-hydrogen) atoms. The van der Waals surface area contributed by atoms with Gasteiger partial charge in [0.05, 0.1) is 5.60 Å². The Labute approximate surface area is 81.7 Å². The average Bonchev–Trinajstić information content (AvgIpc) is 2.45. The van der Waals surface area contributed by atoms with Crippen LogP contribution in [0.1, 0.15) is 52.4 Å². The molecule has 1 heterocycles. The quantitative estimate of drug-likeness (QED) is 0.705. The van der Waals surface area contributed by atoms with E-state index in [1.54, 1.807) is 0 Å². The van der Waals surface area contributed by atoms with Crippen molar-refractivity contribution >= 4 is 0 Å². The molecule has 0 spiro atoms. The van der Waals surface area contributed by atoms with Crippen molar-refractivity contribution in [3.8, 4) is 0 Å². The molecule has 1 unspecified atom stereocenters. The molecule has 0 aliphatic carbocycles. The zero-order chi connectivity index (χ0) is 9.73. The molecule has 1 atom stereocenters. The van der Waals surface area contributed by atoms with E-state index in [0.29, 0.717) is 6.04 Å². The highest BCUT2D eigenvalue weighted by Crippen LogP contribution is 2.25. The first-order chi connectivity index (χ1) is 6.23. The van der Waals surface area contributed by atoms with Crippen LogP contribution in [0.3, 0.4) is 0 Å². The Hall–Kier alpha value is -0.0800. The van der Waals surface area contributed by atoms with Gasteiger partial charge in [0.25, 0.3) is 0 Å². The van der Waals surface area contributed by atoms with Crippen LogP contribution in [-0.2, 0) is 0 Å². The summed E-state index contributed by atoms with van der Waals surface area (Å²) in [4.78, 5) is 0. The van der Waals surface area contributed by atoms with E-state index in [-0.39, 0.29) is 0 Å². The second-order valence-electron chi connectivity index (χ2n) is 4.17. The third-order valence-corrected chi connectivity index (χ3v) is 3.43. The van der Waals surface area contributed by atoms with Crippen molar-refractivity contribution in [2.45, 2.75) is 64.0 Å². The van der Waals surface area contributed by atoms with E-state index in [2.05, 4.69) is 19.2 Å². The number of nitrogens with one attached hydrogen (secondary N) is 1. The first-order valence-corrected chi connectivity index (χ1v) is 5.68. The molecule has 0 saturated carbocycles. The lowest BCUT2D eigenvalue weighted by Crippen LogP contribution is -2.49. The molecule has 0 aromatic heterocycles. The van der Waals surface area contributed by atoms with Crippen LogP contribution in [0, 0.1) is 0 Å². The Morgan fingerprint density at radius 2 is 1.92 bits per heavy atom. The van der Waals surface area contributed by atoms with E-state index in [1.807, 2.05) is 0 Å². The molecule has 2 N–H and O–H groups in total. The van der Waals surface area contributed by atoms with Gasteiger partial charge in [0.2, 0.25) is 0 Å². The molecule has 1 aliphatic heterocycles. The number of aliphatic hydroxyl groups is 1. The fourth-order valence-corrected chi connectivity index (χ4v) is 2.23. The summed E-state index contributed by atoms with van der Waals surface area (Å²) in [5, 5.41) is 13.8. The van der Waals surface area contributed by atoms with Crippen molar-refractivity contribution in [2.75, 3.05) is 6.54 Å². The lowest BCUT2D eigenvalue weighted by Gasteiger charge is -2.34. The van der Waals surface area contributed by atoms with Gasteiger partial charge in [-0.1, -0.05) is 26.7 Å². The molecular formula is C11H23NO. The summed E-state index contributed by atoms with van der Waals surface area (Å²) >= 11 is 0. The van der Waals surface area contributed by atoms with Gasteiger partial charge in [-0.05, 0) is 32.2 Å². The van der Waals surface area contributed by atoms with Gasteiger partial charge in [-0.15, -0.1) is 0 Å². The van der Waals surface area contributed by atoms with Crippen LogP contribution in [0.15, 0.2) is 0 Å². The van der Waals surface area contributed by atoms with E-state index in [1.165, 1.54) is 19.3 Å². The average molecular weight is 185 g/mol. The predicted molar refractivity (Wildman–Crippen MR) is 55.8 cm³/mol. The van der Waals surface area contributed by atoms with Crippen LogP contribution >= 0.6 is 0 Å². The van der Waals surface area contributed by atoms with Crippen LogP contribution < -0.4 is 5.32 Å². The van der Waals surface area contributed by atoms with Gasteiger partial charge in [-0.3, -0.25) is 0 Å². The van der Waals surface area contributed by atoms with Crippen LogP contribution in [-0.4, -0.2) is 23.3 Å². The van der Waals surface area contributed by atoms with E-state index in [0.717, 1.165) is 25.8 Å². The molecule has 1 saturated heterocycles. The summed E-state index contributed by atoms with van der Waals surface area (Å²) in [5.41, 5.74) is -0.468. The van der Waals surface area contributed by atoms with Crippen LogP contribution in [0.25, 0.3) is 0 Å². The fraction of sp³-hybridized carbons (Fsp3) is 1.00. The van der Waals surface area contributed by atoms with Gasteiger partial charge in [0, 0.05) is 6.04 Å². The second-order valence-corrected chi connectivity index (χ2v) is 4.17. The third-order valence-electron chi connectivity index (χ3n) is 3.43. The topological polar surface area (TPSA) is 32.3 Å². The highest BCUT2D eigenvalue weighted by atomic mass is 16.3. The fourth-order valence-electron chi connectivity index (χ4n) is 2.23. The standard InChI is InChI=1S/C11H23NO/c1-3-11(13,4-2)10-8-6-5-7-9-12-10/h10,12-13H,3-9H2,1-2H3. The van der Waals surface area contributed by atoms with Gasteiger partial charge in [-0.2, -0.15) is 0 Å². The van der Waals surface area contributed by atoms with Gasteiger partial charge < -0.3 is 10.4 Å². The Balaban J connectivity index is 2.55. The maximum Gasteiger partial charge on any atom is 0.0794 e. The van der Waals surface area contributed by atoms with Crippen molar-refractivity contribution in [1.82, 2.24) is 5.32 Å². The van der Waals surface area contributed by atoms with Gasteiger partial charge in [0.1, 0.15) is 0 Å². The van der Waals surface area contributed by atoms with Crippen molar-refractivity contribution in [2.24, 2.45) is 0 Å². The molecule has 2 heteroatoms. The summed E-state index contributed by atoms with van der Waals surface area (Å²) in [6.07, 6.45) is 6.70. The molecule has 78 valence electrons. The molecule has 0 aromatic carbocycles. The van der Waals surface area contributed by atoms with E-state index >= 15 is 0 Å². The first kappa shape index (κ1) is 11.0. The summed E-state index contributed by atoms with van der Waals surface area (Å²) in [7, 11) is 0. The summed E-state index contributed by atoms with van der Waals surface area (Å²) < 4.78 is 0. The van der Waals surface area contributed by atoms with Crippen molar-refractivity contribution in [3.05, 3.63) is 0 Å². The number of hydrogen-bond acceptors (Lipinski definition) is 2. The van der Waals surface area contributed by atoms with Crippen molar-refractivity contribution in [1.29, 1.82) is 0 Å². The second kappa shape index (κ2) is 4.97. The third kappa shape index (κ3) is 2.68. The minimum Gasteiger partial charge on any atom is -0.388 e. The SMILES string of the molecule is CCC(O)(CC)C1CCCCCN1. The highest BCUT2D eigenvalue weighted by molar-refractivity contribution is 4.90. The Kier molecular flexibility index (Phi) is 4.20. The molecule has 0 amide bonds. The molecule has 0 bridgehead atoms. The lowest BCUT2D eigenvalue weighted by atomic mass is 9.86. The van der Waals surface area contributed by atoms with Crippen molar-refractivity contribution < 1.29 is 5.11 Å². The lowest BCUT2D eigenvalue weighted by molar-refractivity contribution is -0.00717. The molecule has 1 rings (SSSR count). The smallest absolute Gasteiger partial charge is 0.0794 e. The van der Waals surface area contributed by atoms with E-state index < -0.39 is 5.60 Å². The Morgan fingerprint density at radius 3 is 2.54 bits per heavy atom. The minimum atomic E-state index is -0.468. The number of hydrogen-bond donors (Lipinski definition) is 2. The minimum absolute atomic E-state index is 0.324. The van der Waals surface area contributed by atoms with Crippen LogP contribution in [0.2, 0.25) is 0 Å². The summed E-state index contributed by atoms with van der Waals surface area (Å²) in [6.45, 7) is 5.24. The Bertz CT molecular complexity index is 135. The van der Waals surface area contributed by atoms with E-state index in [4.69, 9.17) is 0 Å². The Morgan fingerprint density at radius 1 is 1.23 bits per heavy atom. The first-order valence-electron chi connectivity index (χ1n) is 5.68. The summed E-state index contributed by atoms with van der Waals surface area (Å²) in [5.74, 6) is 0. The van der Waals surface area contributed by atoms with Gasteiger partial charge in [0.15, 0.2) is 0 Å². The highest BCUT2D eigenvalue weighted by Gasteiger charge is 2.32. The molecule has 2 nitrogen and oxygen atoms in total. The summed E-state index contributed by atoms with van der Waals surface area (Å²) in [6, 6.07) is 0.324. The van der Waals surface area contributed by atoms with E-state index in [9.17, 15) is 5.11 Å². The van der Waals surface area contributed by atoms with Crippen LogP contribution in [0.5, 0.6) is 0 Å². The van der Waals surface area contributed by atoms with Gasteiger partial charge in [-0.25, -0.2) is 0 Å². The zero-order valence-electron chi connectivity index (χ0n) is 8.97. The zero-order valence-corrected chi connectivity index (χ0v) is 8.97. The molecule has 0 aromatic rings. The molecular weight excluding hydrogens is 162 g/mol. The maximum atomic E-state index is 10.3. The largest absolute Gasteiger partial charge is 0.388 e. The van der Waals surface area contributed by atoms with Gasteiger partial charge >= 0.3 is 0 Å². The van der Waals surface area contributed by atoms with Crippen LogP contribution in [0.4, 0.5) is 0 Å².